The molecule has 1 rings (SSSR count). The fourth-order valence-corrected chi connectivity index (χ4v) is 2.15. The van der Waals surface area contributed by atoms with E-state index in [-0.39, 0.29) is 5.84 Å². The van der Waals surface area contributed by atoms with Crippen molar-refractivity contribution < 1.29 is 9.94 Å². The van der Waals surface area contributed by atoms with Crippen LogP contribution in [-0.2, 0) is 4.74 Å². The lowest BCUT2D eigenvalue weighted by atomic mass is 10.1. The molecule has 0 aliphatic rings. The molecular weight excluding hydrogens is 310 g/mol. The Bertz CT molecular complexity index is 438. The van der Waals surface area contributed by atoms with Gasteiger partial charge in [-0.2, -0.15) is 0 Å². The molecule has 0 spiro atoms. The average molecular weight is 330 g/mol. The number of anilines is 1. The van der Waals surface area contributed by atoms with Crippen molar-refractivity contribution in [1.82, 2.24) is 0 Å². The predicted molar refractivity (Wildman–Crippen MR) is 81.0 cm³/mol. The van der Waals surface area contributed by atoms with E-state index in [2.05, 4.69) is 32.9 Å². The number of nitrogens with two attached hydrogens (primary N) is 1. The van der Waals surface area contributed by atoms with Crippen LogP contribution in [0.5, 0.6) is 0 Å². The summed E-state index contributed by atoms with van der Waals surface area (Å²) in [6, 6.07) is 5.66. The van der Waals surface area contributed by atoms with Gasteiger partial charge in [-0.05, 0) is 32.0 Å². The number of benzene rings is 1. The van der Waals surface area contributed by atoms with Crippen LogP contribution in [0.4, 0.5) is 5.69 Å². The van der Waals surface area contributed by atoms with Crippen LogP contribution in [0.15, 0.2) is 27.8 Å². The van der Waals surface area contributed by atoms with Gasteiger partial charge in [-0.25, -0.2) is 0 Å². The molecule has 0 fully saturated rings. The van der Waals surface area contributed by atoms with Crippen molar-refractivity contribution >= 4 is 27.5 Å². The summed E-state index contributed by atoms with van der Waals surface area (Å²) in [7, 11) is 0. The lowest BCUT2D eigenvalue weighted by Crippen LogP contribution is -2.30. The van der Waals surface area contributed by atoms with Crippen molar-refractivity contribution in [2.45, 2.75) is 13.8 Å². The quantitative estimate of drug-likeness (QED) is 0.265. The van der Waals surface area contributed by atoms with Gasteiger partial charge in [0.25, 0.3) is 0 Å². The zero-order valence-corrected chi connectivity index (χ0v) is 12.9. The summed E-state index contributed by atoms with van der Waals surface area (Å²) in [5.41, 5.74) is 7.35. The summed E-state index contributed by atoms with van der Waals surface area (Å²) in [4.78, 5) is 2.13. The maximum absolute atomic E-state index is 8.86. The first kappa shape index (κ1) is 15.8. The Morgan fingerprint density at radius 2 is 2.21 bits per heavy atom. The van der Waals surface area contributed by atoms with Gasteiger partial charge in [0.15, 0.2) is 5.84 Å². The van der Waals surface area contributed by atoms with Gasteiger partial charge in [0, 0.05) is 35.4 Å². The Kier molecular flexibility index (Phi) is 6.66. The van der Waals surface area contributed by atoms with Crippen molar-refractivity contribution in [1.29, 1.82) is 0 Å². The highest BCUT2D eigenvalue weighted by molar-refractivity contribution is 9.10. The highest BCUT2D eigenvalue weighted by Crippen LogP contribution is 2.25. The molecule has 0 unspecified atom stereocenters. The minimum absolute atomic E-state index is 0.109. The number of oxime groups is 1. The standard InChI is InChI=1S/C13H20BrN3O2/c1-3-17(7-8-19-4-2)12-9-10(14)5-6-11(12)13(15)16-18/h5-6,9,18H,3-4,7-8H2,1-2H3,(H2,15,16). The van der Waals surface area contributed by atoms with E-state index in [9.17, 15) is 0 Å². The maximum atomic E-state index is 8.86. The number of hydrogen-bond donors (Lipinski definition) is 2. The lowest BCUT2D eigenvalue weighted by molar-refractivity contribution is 0.154. The van der Waals surface area contributed by atoms with Gasteiger partial charge in [-0.15, -0.1) is 0 Å². The van der Waals surface area contributed by atoms with Crippen molar-refractivity contribution in [3.05, 3.63) is 28.2 Å². The van der Waals surface area contributed by atoms with Crippen LogP contribution in [0, 0.1) is 0 Å². The van der Waals surface area contributed by atoms with E-state index in [1.807, 2.05) is 25.1 Å². The molecule has 0 saturated heterocycles. The van der Waals surface area contributed by atoms with E-state index in [0.29, 0.717) is 18.8 Å². The number of likely N-dealkylation sites (N-methyl/N-ethyl adjacent to an activating group) is 1. The third-order valence-corrected chi connectivity index (χ3v) is 3.27. The predicted octanol–water partition coefficient (Wildman–Crippen LogP) is 2.41. The van der Waals surface area contributed by atoms with E-state index in [0.717, 1.165) is 23.2 Å². The van der Waals surface area contributed by atoms with Crippen LogP contribution in [0.3, 0.4) is 0 Å². The van der Waals surface area contributed by atoms with E-state index in [4.69, 9.17) is 15.7 Å². The summed E-state index contributed by atoms with van der Waals surface area (Å²) < 4.78 is 6.33. The molecule has 106 valence electrons. The second-order valence-corrected chi connectivity index (χ2v) is 4.84. The van der Waals surface area contributed by atoms with Gasteiger partial charge in [0.1, 0.15) is 0 Å². The molecule has 3 N–H and O–H groups in total. The van der Waals surface area contributed by atoms with Gasteiger partial charge in [0.05, 0.1) is 6.61 Å². The van der Waals surface area contributed by atoms with E-state index in [1.165, 1.54) is 0 Å². The second kappa shape index (κ2) is 8.01. The summed E-state index contributed by atoms with van der Waals surface area (Å²) in [5.74, 6) is 0.109. The van der Waals surface area contributed by atoms with Gasteiger partial charge in [0.2, 0.25) is 0 Å². The Morgan fingerprint density at radius 3 is 2.79 bits per heavy atom. The third-order valence-electron chi connectivity index (χ3n) is 2.78. The number of ether oxygens (including phenoxy) is 1. The second-order valence-electron chi connectivity index (χ2n) is 3.92. The summed E-state index contributed by atoms with van der Waals surface area (Å²) >= 11 is 3.45. The Hall–Kier alpha value is -1.27. The van der Waals surface area contributed by atoms with E-state index < -0.39 is 0 Å². The topological polar surface area (TPSA) is 71.1 Å². The van der Waals surface area contributed by atoms with E-state index in [1.54, 1.807) is 0 Å². The maximum Gasteiger partial charge on any atom is 0.172 e. The van der Waals surface area contributed by atoms with Crippen LogP contribution in [0.2, 0.25) is 0 Å². The summed E-state index contributed by atoms with van der Waals surface area (Å²) in [5, 5.41) is 11.9. The molecule has 19 heavy (non-hydrogen) atoms. The first-order valence-corrected chi connectivity index (χ1v) is 7.03. The molecule has 0 saturated carbocycles. The normalized spacial score (nSPS) is 11.6. The minimum Gasteiger partial charge on any atom is -0.409 e. The largest absolute Gasteiger partial charge is 0.409 e. The smallest absolute Gasteiger partial charge is 0.172 e. The number of nitrogens with zero attached hydrogens (tertiary/aromatic N) is 2. The van der Waals surface area contributed by atoms with Crippen LogP contribution in [0.25, 0.3) is 0 Å². The van der Waals surface area contributed by atoms with Gasteiger partial charge < -0.3 is 20.6 Å². The van der Waals surface area contributed by atoms with Crippen molar-refractivity contribution in [2.24, 2.45) is 10.9 Å². The number of amidine groups is 1. The van der Waals surface area contributed by atoms with Crippen molar-refractivity contribution in [2.75, 3.05) is 31.2 Å². The molecule has 1 aromatic rings. The zero-order chi connectivity index (χ0) is 14.3. The molecule has 1 aromatic carbocycles. The van der Waals surface area contributed by atoms with Gasteiger partial charge >= 0.3 is 0 Å². The molecule has 0 radical (unpaired) electrons. The molecule has 0 bridgehead atoms. The average Bonchev–Trinajstić information content (AvgIpc) is 2.43. The summed E-state index contributed by atoms with van der Waals surface area (Å²) in [6.07, 6.45) is 0. The highest BCUT2D eigenvalue weighted by Gasteiger charge is 2.13. The van der Waals surface area contributed by atoms with Crippen LogP contribution in [-0.4, -0.2) is 37.3 Å². The van der Waals surface area contributed by atoms with Gasteiger partial charge in [-0.1, -0.05) is 21.1 Å². The number of hydrogen-bond acceptors (Lipinski definition) is 4. The molecule has 0 amide bonds. The molecule has 0 aromatic heterocycles. The first-order valence-electron chi connectivity index (χ1n) is 6.24. The molecule has 0 heterocycles. The highest BCUT2D eigenvalue weighted by atomic mass is 79.9. The first-order chi connectivity index (χ1) is 9.13. The van der Waals surface area contributed by atoms with Crippen molar-refractivity contribution in [3.63, 3.8) is 0 Å². The van der Waals surface area contributed by atoms with Crippen LogP contribution < -0.4 is 10.6 Å². The molecule has 6 heteroatoms. The Balaban J connectivity index is 3.03. The fourth-order valence-electron chi connectivity index (χ4n) is 1.80. The fraction of sp³-hybridized carbons (Fsp3) is 0.462. The van der Waals surface area contributed by atoms with Crippen LogP contribution in [0.1, 0.15) is 19.4 Å². The third kappa shape index (κ3) is 4.40. The SMILES string of the molecule is CCOCCN(CC)c1cc(Br)ccc1/C(N)=N/O. The zero-order valence-electron chi connectivity index (χ0n) is 11.3. The molecule has 5 nitrogen and oxygen atoms in total. The van der Waals surface area contributed by atoms with E-state index >= 15 is 0 Å². The Morgan fingerprint density at radius 1 is 1.47 bits per heavy atom. The van der Waals surface area contributed by atoms with Crippen molar-refractivity contribution in [3.8, 4) is 0 Å². The molecule has 0 aliphatic heterocycles. The van der Waals surface area contributed by atoms with Gasteiger partial charge in [-0.3, -0.25) is 0 Å². The lowest BCUT2D eigenvalue weighted by Gasteiger charge is -2.25. The van der Waals surface area contributed by atoms with Crippen LogP contribution >= 0.6 is 15.9 Å². The minimum atomic E-state index is 0.109. The summed E-state index contributed by atoms with van der Waals surface area (Å²) in [6.45, 7) is 6.94. The molecule has 0 aliphatic carbocycles. The number of halogens is 1. The molecular formula is C13H20BrN3O2. The molecule has 0 atom stereocenters. The number of rotatable bonds is 7. The monoisotopic (exact) mass is 329 g/mol. The Labute approximate surface area is 122 Å².